The van der Waals surface area contributed by atoms with Crippen molar-refractivity contribution in [1.82, 2.24) is 15.0 Å². The SMILES string of the molecule is CCNc1nc(NCC2CC2)nc(N(C)C)n1. The summed E-state index contributed by atoms with van der Waals surface area (Å²) in [5.41, 5.74) is 0. The van der Waals surface area contributed by atoms with E-state index in [1.165, 1.54) is 12.8 Å². The van der Waals surface area contributed by atoms with Gasteiger partial charge in [0, 0.05) is 27.2 Å². The number of anilines is 3. The third kappa shape index (κ3) is 3.44. The first-order chi connectivity index (χ1) is 8.19. The molecule has 0 radical (unpaired) electrons. The molecule has 2 rings (SSSR count). The van der Waals surface area contributed by atoms with E-state index in [-0.39, 0.29) is 0 Å². The van der Waals surface area contributed by atoms with Gasteiger partial charge in [0.05, 0.1) is 0 Å². The van der Waals surface area contributed by atoms with Crippen molar-refractivity contribution in [3.63, 3.8) is 0 Å². The minimum Gasteiger partial charge on any atom is -0.354 e. The smallest absolute Gasteiger partial charge is 0.231 e. The van der Waals surface area contributed by atoms with Crippen molar-refractivity contribution in [2.75, 3.05) is 42.7 Å². The average molecular weight is 236 g/mol. The molecule has 0 bridgehead atoms. The number of hydrogen-bond acceptors (Lipinski definition) is 6. The van der Waals surface area contributed by atoms with E-state index in [2.05, 4.69) is 25.6 Å². The van der Waals surface area contributed by atoms with E-state index >= 15 is 0 Å². The molecule has 0 amide bonds. The van der Waals surface area contributed by atoms with E-state index in [1.54, 1.807) is 0 Å². The molecule has 0 atom stereocenters. The number of hydrogen-bond donors (Lipinski definition) is 2. The summed E-state index contributed by atoms with van der Waals surface area (Å²) in [5.74, 6) is 2.77. The fourth-order valence-electron chi connectivity index (χ4n) is 1.44. The van der Waals surface area contributed by atoms with E-state index in [4.69, 9.17) is 0 Å². The Balaban J connectivity index is 2.10. The van der Waals surface area contributed by atoms with Crippen LogP contribution in [0.2, 0.25) is 0 Å². The summed E-state index contributed by atoms with van der Waals surface area (Å²) in [5, 5.41) is 6.39. The van der Waals surface area contributed by atoms with Crippen molar-refractivity contribution in [3.8, 4) is 0 Å². The van der Waals surface area contributed by atoms with Crippen LogP contribution in [0.15, 0.2) is 0 Å². The highest BCUT2D eigenvalue weighted by molar-refractivity contribution is 5.42. The Labute approximate surface area is 102 Å². The lowest BCUT2D eigenvalue weighted by Crippen LogP contribution is -2.17. The van der Waals surface area contributed by atoms with E-state index < -0.39 is 0 Å². The largest absolute Gasteiger partial charge is 0.354 e. The first kappa shape index (κ1) is 11.9. The molecule has 1 aromatic heterocycles. The van der Waals surface area contributed by atoms with Crippen molar-refractivity contribution < 1.29 is 0 Å². The van der Waals surface area contributed by atoms with E-state index in [0.717, 1.165) is 19.0 Å². The molecule has 0 spiro atoms. The highest BCUT2D eigenvalue weighted by atomic mass is 15.3. The fourth-order valence-corrected chi connectivity index (χ4v) is 1.44. The lowest BCUT2D eigenvalue weighted by atomic mass is 10.4. The van der Waals surface area contributed by atoms with Crippen LogP contribution in [0, 0.1) is 5.92 Å². The van der Waals surface area contributed by atoms with E-state index in [0.29, 0.717) is 17.8 Å². The van der Waals surface area contributed by atoms with Crippen molar-refractivity contribution in [2.45, 2.75) is 19.8 Å². The number of nitrogens with one attached hydrogen (secondary N) is 2. The van der Waals surface area contributed by atoms with Crippen LogP contribution < -0.4 is 15.5 Å². The molecule has 1 aliphatic carbocycles. The summed E-state index contributed by atoms with van der Waals surface area (Å²) in [6.07, 6.45) is 2.64. The Morgan fingerprint density at radius 1 is 1.12 bits per heavy atom. The lowest BCUT2D eigenvalue weighted by Gasteiger charge is -2.13. The maximum absolute atomic E-state index is 4.37. The van der Waals surface area contributed by atoms with Gasteiger partial charge in [0.25, 0.3) is 0 Å². The molecule has 94 valence electrons. The summed E-state index contributed by atoms with van der Waals surface area (Å²) in [7, 11) is 3.85. The zero-order chi connectivity index (χ0) is 12.3. The second-order valence-electron chi connectivity index (χ2n) is 4.53. The van der Waals surface area contributed by atoms with Crippen molar-refractivity contribution in [2.24, 2.45) is 5.92 Å². The second kappa shape index (κ2) is 5.16. The zero-order valence-electron chi connectivity index (χ0n) is 10.7. The van der Waals surface area contributed by atoms with Gasteiger partial charge in [-0.15, -0.1) is 0 Å². The Morgan fingerprint density at radius 3 is 2.29 bits per heavy atom. The highest BCUT2D eigenvalue weighted by Gasteiger charge is 2.21. The van der Waals surface area contributed by atoms with Gasteiger partial charge in [-0.2, -0.15) is 15.0 Å². The van der Waals surface area contributed by atoms with Gasteiger partial charge in [-0.05, 0) is 25.7 Å². The number of nitrogens with zero attached hydrogens (tertiary/aromatic N) is 4. The molecule has 0 aliphatic heterocycles. The molecule has 17 heavy (non-hydrogen) atoms. The summed E-state index contributed by atoms with van der Waals surface area (Å²) >= 11 is 0. The molecule has 1 heterocycles. The van der Waals surface area contributed by atoms with Gasteiger partial charge in [0.1, 0.15) is 0 Å². The van der Waals surface area contributed by atoms with Gasteiger partial charge >= 0.3 is 0 Å². The first-order valence-corrected chi connectivity index (χ1v) is 6.10. The third-order valence-electron chi connectivity index (χ3n) is 2.60. The minimum absolute atomic E-state index is 0.629. The van der Waals surface area contributed by atoms with Crippen LogP contribution in [0.25, 0.3) is 0 Å². The summed E-state index contributed by atoms with van der Waals surface area (Å²) in [6, 6.07) is 0. The quantitative estimate of drug-likeness (QED) is 0.773. The summed E-state index contributed by atoms with van der Waals surface area (Å²) in [6.45, 7) is 3.79. The summed E-state index contributed by atoms with van der Waals surface area (Å²) < 4.78 is 0. The van der Waals surface area contributed by atoms with Crippen LogP contribution in [0.1, 0.15) is 19.8 Å². The Hall–Kier alpha value is -1.59. The van der Waals surface area contributed by atoms with Crippen LogP contribution in [0.3, 0.4) is 0 Å². The second-order valence-corrected chi connectivity index (χ2v) is 4.53. The van der Waals surface area contributed by atoms with Crippen LogP contribution in [0.4, 0.5) is 17.8 Å². The molecule has 1 fully saturated rings. The molecular formula is C11H20N6. The predicted molar refractivity (Wildman–Crippen MR) is 69.5 cm³/mol. The zero-order valence-corrected chi connectivity index (χ0v) is 10.7. The maximum Gasteiger partial charge on any atom is 0.231 e. The van der Waals surface area contributed by atoms with E-state index in [1.807, 2.05) is 25.9 Å². The van der Waals surface area contributed by atoms with Crippen molar-refractivity contribution >= 4 is 17.8 Å². The predicted octanol–water partition coefficient (Wildman–Crippen LogP) is 1.19. The topological polar surface area (TPSA) is 66.0 Å². The molecule has 0 unspecified atom stereocenters. The molecule has 0 saturated heterocycles. The van der Waals surface area contributed by atoms with Gasteiger partial charge in [-0.3, -0.25) is 0 Å². The van der Waals surface area contributed by atoms with Crippen LogP contribution in [0.5, 0.6) is 0 Å². The third-order valence-corrected chi connectivity index (χ3v) is 2.60. The Morgan fingerprint density at radius 2 is 1.76 bits per heavy atom. The highest BCUT2D eigenvalue weighted by Crippen LogP contribution is 2.28. The van der Waals surface area contributed by atoms with E-state index in [9.17, 15) is 0 Å². The molecule has 2 N–H and O–H groups in total. The van der Waals surface area contributed by atoms with Gasteiger partial charge in [0.2, 0.25) is 17.8 Å². The minimum atomic E-state index is 0.629. The first-order valence-electron chi connectivity index (χ1n) is 6.10. The average Bonchev–Trinajstić information content (AvgIpc) is 3.10. The van der Waals surface area contributed by atoms with Gasteiger partial charge < -0.3 is 15.5 Å². The van der Waals surface area contributed by atoms with Gasteiger partial charge in [-0.1, -0.05) is 0 Å². The van der Waals surface area contributed by atoms with Gasteiger partial charge in [0.15, 0.2) is 0 Å². The van der Waals surface area contributed by atoms with Crippen molar-refractivity contribution in [1.29, 1.82) is 0 Å². The normalized spacial score (nSPS) is 14.5. The van der Waals surface area contributed by atoms with Crippen LogP contribution in [-0.2, 0) is 0 Å². The van der Waals surface area contributed by atoms with Crippen LogP contribution in [-0.4, -0.2) is 42.1 Å². The van der Waals surface area contributed by atoms with Crippen LogP contribution >= 0.6 is 0 Å². The Kier molecular flexibility index (Phi) is 3.61. The molecule has 1 aromatic rings. The fraction of sp³-hybridized carbons (Fsp3) is 0.727. The molecule has 6 heteroatoms. The molecule has 1 saturated carbocycles. The molecule has 0 aromatic carbocycles. The van der Waals surface area contributed by atoms with Gasteiger partial charge in [-0.25, -0.2) is 0 Å². The molecular weight excluding hydrogens is 216 g/mol. The Bertz CT molecular complexity index is 374. The van der Waals surface area contributed by atoms with Crippen molar-refractivity contribution in [3.05, 3.63) is 0 Å². The summed E-state index contributed by atoms with van der Waals surface area (Å²) in [4.78, 5) is 14.9. The number of rotatable bonds is 6. The number of aromatic nitrogens is 3. The standard InChI is InChI=1S/C11H20N6/c1-4-12-9-14-10(13-7-8-5-6-8)16-11(15-9)17(2)3/h8H,4-7H2,1-3H3,(H2,12,13,14,15,16). The lowest BCUT2D eigenvalue weighted by molar-refractivity contribution is 0.862. The molecule has 1 aliphatic rings. The molecule has 6 nitrogen and oxygen atoms in total. The monoisotopic (exact) mass is 236 g/mol. The maximum atomic E-state index is 4.37.